The minimum Gasteiger partial charge on any atom is -0.381 e. The van der Waals surface area contributed by atoms with Crippen LogP contribution in [0.5, 0.6) is 0 Å². The standard InChI is InChI=1S/C11H21NO/c1-2-3-9-13-10-7-11-6-4-5-8-12-11/h2,11-12H,1,3-10H2. The Labute approximate surface area is 81.4 Å². The Hall–Kier alpha value is -0.340. The number of ether oxygens (including phenoxy) is 1. The van der Waals surface area contributed by atoms with Gasteiger partial charge in [0.1, 0.15) is 0 Å². The van der Waals surface area contributed by atoms with Crippen LogP contribution in [0.25, 0.3) is 0 Å². The molecule has 0 aromatic heterocycles. The molecule has 1 atom stereocenters. The van der Waals surface area contributed by atoms with Crippen LogP contribution >= 0.6 is 0 Å². The molecule has 13 heavy (non-hydrogen) atoms. The molecule has 2 nitrogen and oxygen atoms in total. The summed E-state index contributed by atoms with van der Waals surface area (Å²) < 4.78 is 5.47. The summed E-state index contributed by atoms with van der Waals surface area (Å²) in [5.41, 5.74) is 0. The quantitative estimate of drug-likeness (QED) is 0.503. The number of hydrogen-bond donors (Lipinski definition) is 1. The summed E-state index contributed by atoms with van der Waals surface area (Å²) >= 11 is 0. The van der Waals surface area contributed by atoms with Gasteiger partial charge in [-0.15, -0.1) is 6.58 Å². The Morgan fingerprint density at radius 2 is 2.31 bits per heavy atom. The van der Waals surface area contributed by atoms with Crippen LogP contribution < -0.4 is 5.32 Å². The van der Waals surface area contributed by atoms with E-state index in [1.165, 1.54) is 25.8 Å². The highest BCUT2D eigenvalue weighted by molar-refractivity contribution is 4.71. The first-order chi connectivity index (χ1) is 6.43. The van der Waals surface area contributed by atoms with Crippen molar-refractivity contribution in [3.8, 4) is 0 Å². The van der Waals surface area contributed by atoms with Crippen LogP contribution in [0, 0.1) is 0 Å². The van der Waals surface area contributed by atoms with Crippen molar-refractivity contribution < 1.29 is 4.74 Å². The third-order valence-corrected chi connectivity index (χ3v) is 2.49. The summed E-state index contributed by atoms with van der Waals surface area (Å²) in [5.74, 6) is 0. The molecule has 1 rings (SSSR count). The van der Waals surface area contributed by atoms with Gasteiger partial charge in [0.05, 0.1) is 0 Å². The van der Waals surface area contributed by atoms with Gasteiger partial charge >= 0.3 is 0 Å². The van der Waals surface area contributed by atoms with Gasteiger partial charge in [0.15, 0.2) is 0 Å². The molecule has 1 heterocycles. The molecule has 0 radical (unpaired) electrons. The van der Waals surface area contributed by atoms with Crippen LogP contribution in [0.4, 0.5) is 0 Å². The third kappa shape index (κ3) is 5.06. The van der Waals surface area contributed by atoms with Crippen molar-refractivity contribution >= 4 is 0 Å². The molecule has 0 aromatic carbocycles. The van der Waals surface area contributed by atoms with Crippen LogP contribution in [-0.2, 0) is 4.74 Å². The summed E-state index contributed by atoms with van der Waals surface area (Å²) in [6.07, 6.45) is 8.08. The second-order valence-corrected chi connectivity index (χ2v) is 3.63. The van der Waals surface area contributed by atoms with E-state index in [1.54, 1.807) is 0 Å². The van der Waals surface area contributed by atoms with Crippen molar-refractivity contribution in [1.82, 2.24) is 5.32 Å². The molecule has 0 bridgehead atoms. The molecule has 0 spiro atoms. The SMILES string of the molecule is C=CCCOCCC1CCCCN1. The largest absolute Gasteiger partial charge is 0.381 e. The molecule has 2 heteroatoms. The molecule has 1 fully saturated rings. The fourth-order valence-electron chi connectivity index (χ4n) is 1.66. The molecule has 1 saturated heterocycles. The Morgan fingerprint density at radius 1 is 1.38 bits per heavy atom. The number of piperidine rings is 1. The predicted molar refractivity (Wildman–Crippen MR) is 55.9 cm³/mol. The first-order valence-electron chi connectivity index (χ1n) is 5.35. The molecule has 1 aliphatic heterocycles. The van der Waals surface area contributed by atoms with Crippen LogP contribution in [0.3, 0.4) is 0 Å². The number of nitrogens with one attached hydrogen (secondary N) is 1. The molecule has 1 aliphatic rings. The van der Waals surface area contributed by atoms with Crippen LogP contribution in [0.15, 0.2) is 12.7 Å². The topological polar surface area (TPSA) is 21.3 Å². The first kappa shape index (κ1) is 10.7. The zero-order valence-electron chi connectivity index (χ0n) is 8.43. The Bertz CT molecular complexity index is 130. The predicted octanol–water partition coefficient (Wildman–Crippen LogP) is 2.11. The lowest BCUT2D eigenvalue weighted by molar-refractivity contribution is 0.125. The van der Waals surface area contributed by atoms with Gasteiger partial charge in [-0.05, 0) is 32.2 Å². The van der Waals surface area contributed by atoms with E-state index in [4.69, 9.17) is 4.74 Å². The number of hydrogen-bond acceptors (Lipinski definition) is 2. The lowest BCUT2D eigenvalue weighted by Gasteiger charge is -2.23. The molecule has 1 N–H and O–H groups in total. The number of rotatable bonds is 6. The van der Waals surface area contributed by atoms with Crippen LogP contribution in [-0.4, -0.2) is 25.8 Å². The molecule has 0 aliphatic carbocycles. The Kier molecular flexibility index (Phi) is 5.87. The summed E-state index contributed by atoms with van der Waals surface area (Å²) in [5, 5.41) is 3.51. The monoisotopic (exact) mass is 183 g/mol. The molecular formula is C11H21NO. The highest BCUT2D eigenvalue weighted by Gasteiger charge is 2.11. The van der Waals surface area contributed by atoms with E-state index in [2.05, 4.69) is 11.9 Å². The average molecular weight is 183 g/mol. The third-order valence-electron chi connectivity index (χ3n) is 2.49. The molecule has 1 unspecified atom stereocenters. The normalized spacial score (nSPS) is 22.9. The molecule has 76 valence electrons. The van der Waals surface area contributed by atoms with Crippen molar-refractivity contribution in [2.24, 2.45) is 0 Å². The van der Waals surface area contributed by atoms with Gasteiger partial charge in [0.2, 0.25) is 0 Å². The van der Waals surface area contributed by atoms with Crippen molar-refractivity contribution in [3.05, 3.63) is 12.7 Å². The fraction of sp³-hybridized carbons (Fsp3) is 0.818. The summed E-state index contributed by atoms with van der Waals surface area (Å²) in [4.78, 5) is 0. The minimum atomic E-state index is 0.706. The Morgan fingerprint density at radius 3 is 3.00 bits per heavy atom. The van der Waals surface area contributed by atoms with E-state index >= 15 is 0 Å². The maximum Gasteiger partial charge on any atom is 0.0500 e. The van der Waals surface area contributed by atoms with Gasteiger partial charge in [-0.2, -0.15) is 0 Å². The van der Waals surface area contributed by atoms with Gasteiger partial charge in [-0.3, -0.25) is 0 Å². The molecule has 0 saturated carbocycles. The zero-order chi connectivity index (χ0) is 9.36. The van der Waals surface area contributed by atoms with Gasteiger partial charge < -0.3 is 10.1 Å². The lowest BCUT2D eigenvalue weighted by atomic mass is 10.0. The van der Waals surface area contributed by atoms with Crippen molar-refractivity contribution in [3.63, 3.8) is 0 Å². The highest BCUT2D eigenvalue weighted by Crippen LogP contribution is 2.09. The van der Waals surface area contributed by atoms with E-state index in [0.29, 0.717) is 6.04 Å². The summed E-state index contributed by atoms with van der Waals surface area (Å²) in [7, 11) is 0. The van der Waals surface area contributed by atoms with E-state index in [9.17, 15) is 0 Å². The molecular weight excluding hydrogens is 162 g/mol. The zero-order valence-corrected chi connectivity index (χ0v) is 8.43. The maximum atomic E-state index is 5.47. The first-order valence-corrected chi connectivity index (χ1v) is 5.35. The van der Waals surface area contributed by atoms with Crippen LogP contribution in [0.2, 0.25) is 0 Å². The highest BCUT2D eigenvalue weighted by atomic mass is 16.5. The van der Waals surface area contributed by atoms with Gasteiger partial charge in [0.25, 0.3) is 0 Å². The van der Waals surface area contributed by atoms with E-state index in [0.717, 1.165) is 26.1 Å². The second kappa shape index (κ2) is 7.10. The van der Waals surface area contributed by atoms with E-state index < -0.39 is 0 Å². The van der Waals surface area contributed by atoms with E-state index in [1.807, 2.05) is 6.08 Å². The second-order valence-electron chi connectivity index (χ2n) is 3.63. The molecule has 0 aromatic rings. The van der Waals surface area contributed by atoms with Crippen LogP contribution in [0.1, 0.15) is 32.1 Å². The molecule has 0 amide bonds. The summed E-state index contributed by atoms with van der Waals surface area (Å²) in [6, 6.07) is 0.706. The van der Waals surface area contributed by atoms with Gasteiger partial charge in [-0.1, -0.05) is 12.5 Å². The smallest absolute Gasteiger partial charge is 0.0500 e. The minimum absolute atomic E-state index is 0.706. The van der Waals surface area contributed by atoms with E-state index in [-0.39, 0.29) is 0 Å². The van der Waals surface area contributed by atoms with Gasteiger partial charge in [-0.25, -0.2) is 0 Å². The summed E-state index contributed by atoms with van der Waals surface area (Å²) in [6.45, 7) is 6.57. The van der Waals surface area contributed by atoms with Crippen molar-refractivity contribution in [1.29, 1.82) is 0 Å². The lowest BCUT2D eigenvalue weighted by Crippen LogP contribution is -2.34. The van der Waals surface area contributed by atoms with Crippen molar-refractivity contribution in [2.75, 3.05) is 19.8 Å². The van der Waals surface area contributed by atoms with Gasteiger partial charge in [0, 0.05) is 19.3 Å². The Balaban J connectivity index is 1.89. The fourth-order valence-corrected chi connectivity index (χ4v) is 1.66. The average Bonchev–Trinajstić information content (AvgIpc) is 2.19. The maximum absolute atomic E-state index is 5.47. The van der Waals surface area contributed by atoms with Crippen molar-refractivity contribution in [2.45, 2.75) is 38.1 Å².